The number of nitriles is 1. The van der Waals surface area contributed by atoms with Crippen LogP contribution in [0.2, 0.25) is 0 Å². The molecule has 0 saturated heterocycles. The molecule has 2 aromatic heterocycles. The SMILES string of the molecule is CC(C)(C#N)n1cc(Nc2ncc(F)c(OCC3CCCCC3)n2)cn1. The topological polar surface area (TPSA) is 88.7 Å². The minimum atomic E-state index is -0.766. The van der Waals surface area contributed by atoms with Gasteiger partial charge in [-0.15, -0.1) is 0 Å². The third kappa shape index (κ3) is 4.28. The van der Waals surface area contributed by atoms with Gasteiger partial charge in [-0.3, -0.25) is 4.68 Å². The molecule has 0 amide bonds. The minimum absolute atomic E-state index is 0.0437. The molecule has 0 aliphatic heterocycles. The quantitative estimate of drug-likeness (QED) is 0.845. The Hall–Kier alpha value is -2.69. The maximum absolute atomic E-state index is 13.9. The fraction of sp³-hybridized carbons (Fsp3) is 0.556. The van der Waals surface area contributed by atoms with Crippen LogP contribution in [0.25, 0.3) is 0 Å². The van der Waals surface area contributed by atoms with Crippen LogP contribution in [-0.2, 0) is 5.54 Å². The molecule has 3 rings (SSSR count). The molecule has 0 radical (unpaired) electrons. The molecule has 8 heteroatoms. The van der Waals surface area contributed by atoms with Gasteiger partial charge in [-0.2, -0.15) is 19.7 Å². The van der Waals surface area contributed by atoms with Crippen molar-refractivity contribution in [2.45, 2.75) is 51.5 Å². The van der Waals surface area contributed by atoms with E-state index in [4.69, 9.17) is 10.00 Å². The van der Waals surface area contributed by atoms with Crippen LogP contribution in [0, 0.1) is 23.1 Å². The van der Waals surface area contributed by atoms with Crippen LogP contribution >= 0.6 is 0 Å². The predicted octanol–water partition coefficient (Wildman–Crippen LogP) is 3.77. The van der Waals surface area contributed by atoms with Gasteiger partial charge >= 0.3 is 0 Å². The largest absolute Gasteiger partial charge is 0.475 e. The standard InChI is InChI=1S/C18H23FN6O/c1-18(2,12-20)25-10-14(8-22-25)23-17-21-9-15(19)16(24-17)26-11-13-6-4-3-5-7-13/h8-10,13H,3-7,11H2,1-2H3,(H,21,23,24). The molecule has 1 aliphatic carbocycles. The predicted molar refractivity (Wildman–Crippen MR) is 94.5 cm³/mol. The van der Waals surface area contributed by atoms with E-state index in [1.807, 2.05) is 0 Å². The molecule has 138 valence electrons. The molecular weight excluding hydrogens is 335 g/mol. The van der Waals surface area contributed by atoms with Crippen molar-refractivity contribution in [2.75, 3.05) is 11.9 Å². The first-order valence-electron chi connectivity index (χ1n) is 8.87. The Labute approximate surface area is 152 Å². The van der Waals surface area contributed by atoms with E-state index < -0.39 is 11.4 Å². The van der Waals surface area contributed by atoms with Crippen LogP contribution in [-0.4, -0.2) is 26.4 Å². The summed E-state index contributed by atoms with van der Waals surface area (Å²) in [7, 11) is 0. The summed E-state index contributed by atoms with van der Waals surface area (Å²) in [4.78, 5) is 8.06. The molecule has 0 bridgehead atoms. The molecule has 0 unspecified atom stereocenters. The van der Waals surface area contributed by atoms with Crippen molar-refractivity contribution in [3.8, 4) is 11.9 Å². The van der Waals surface area contributed by atoms with E-state index in [1.54, 1.807) is 30.9 Å². The maximum atomic E-state index is 13.9. The molecule has 0 spiro atoms. The minimum Gasteiger partial charge on any atom is -0.475 e. The van der Waals surface area contributed by atoms with Crippen LogP contribution in [0.3, 0.4) is 0 Å². The van der Waals surface area contributed by atoms with Gasteiger partial charge in [0.05, 0.1) is 37.0 Å². The number of anilines is 2. The Morgan fingerprint density at radius 1 is 1.35 bits per heavy atom. The molecule has 1 aliphatic rings. The number of hydrogen-bond acceptors (Lipinski definition) is 6. The Morgan fingerprint density at radius 2 is 2.12 bits per heavy atom. The lowest BCUT2D eigenvalue weighted by molar-refractivity contribution is 0.195. The zero-order chi connectivity index (χ0) is 18.6. The van der Waals surface area contributed by atoms with Crippen molar-refractivity contribution in [3.05, 3.63) is 24.4 Å². The highest BCUT2D eigenvalue weighted by Gasteiger charge is 2.20. The highest BCUT2D eigenvalue weighted by molar-refractivity contribution is 5.50. The first-order chi connectivity index (χ1) is 12.5. The van der Waals surface area contributed by atoms with E-state index in [2.05, 4.69) is 26.5 Å². The Bertz CT molecular complexity index is 791. The Kier molecular flexibility index (Phi) is 5.35. The highest BCUT2D eigenvalue weighted by atomic mass is 19.1. The van der Waals surface area contributed by atoms with Gasteiger partial charge < -0.3 is 10.1 Å². The smallest absolute Gasteiger partial charge is 0.255 e. The first kappa shape index (κ1) is 18.1. The van der Waals surface area contributed by atoms with E-state index in [1.165, 1.54) is 19.3 Å². The fourth-order valence-electron chi connectivity index (χ4n) is 2.94. The van der Waals surface area contributed by atoms with Gasteiger partial charge in [0, 0.05) is 0 Å². The molecule has 0 aromatic carbocycles. The monoisotopic (exact) mass is 358 g/mol. The zero-order valence-electron chi connectivity index (χ0n) is 15.1. The van der Waals surface area contributed by atoms with Crippen molar-refractivity contribution in [3.63, 3.8) is 0 Å². The van der Waals surface area contributed by atoms with Crippen LogP contribution in [0.1, 0.15) is 46.0 Å². The van der Waals surface area contributed by atoms with Crippen LogP contribution in [0.15, 0.2) is 18.6 Å². The second-order valence-electron chi connectivity index (χ2n) is 7.13. The normalized spacial score (nSPS) is 15.5. The van der Waals surface area contributed by atoms with Crippen molar-refractivity contribution < 1.29 is 9.13 Å². The van der Waals surface area contributed by atoms with Gasteiger partial charge in [0.2, 0.25) is 11.8 Å². The lowest BCUT2D eigenvalue weighted by Crippen LogP contribution is -2.24. The summed E-state index contributed by atoms with van der Waals surface area (Å²) in [6.45, 7) is 3.99. The zero-order valence-corrected chi connectivity index (χ0v) is 15.1. The van der Waals surface area contributed by atoms with Crippen molar-refractivity contribution in [2.24, 2.45) is 5.92 Å². The summed E-state index contributed by atoms with van der Waals surface area (Å²) in [5.74, 6) is 0.0609. The van der Waals surface area contributed by atoms with E-state index in [0.29, 0.717) is 18.2 Å². The van der Waals surface area contributed by atoms with Crippen molar-refractivity contribution in [1.82, 2.24) is 19.7 Å². The molecule has 0 atom stereocenters. The molecular formula is C18H23FN6O. The third-order valence-electron chi connectivity index (χ3n) is 4.58. The number of rotatable bonds is 6. The Morgan fingerprint density at radius 3 is 2.85 bits per heavy atom. The first-order valence-corrected chi connectivity index (χ1v) is 8.87. The van der Waals surface area contributed by atoms with Gasteiger partial charge in [0.25, 0.3) is 5.88 Å². The molecule has 1 N–H and O–H groups in total. The lowest BCUT2D eigenvalue weighted by Gasteiger charge is -2.21. The summed E-state index contributed by atoms with van der Waals surface area (Å²) in [6, 6.07) is 2.17. The van der Waals surface area contributed by atoms with Crippen molar-refractivity contribution >= 4 is 11.6 Å². The number of halogens is 1. The molecule has 1 fully saturated rings. The number of aromatic nitrogens is 4. The fourth-order valence-corrected chi connectivity index (χ4v) is 2.94. The van der Waals surface area contributed by atoms with Gasteiger partial charge in [-0.25, -0.2) is 4.98 Å². The second-order valence-corrected chi connectivity index (χ2v) is 7.13. The number of nitrogens with zero attached hydrogens (tertiary/aromatic N) is 5. The summed E-state index contributed by atoms with van der Waals surface area (Å²) in [6.07, 6.45) is 10.2. The van der Waals surface area contributed by atoms with Gasteiger partial charge in [0.1, 0.15) is 5.54 Å². The van der Waals surface area contributed by atoms with Gasteiger partial charge in [-0.05, 0) is 32.6 Å². The van der Waals surface area contributed by atoms with E-state index in [0.717, 1.165) is 19.0 Å². The molecule has 2 aromatic rings. The van der Waals surface area contributed by atoms with E-state index in [-0.39, 0.29) is 11.8 Å². The third-order valence-corrected chi connectivity index (χ3v) is 4.58. The molecule has 1 saturated carbocycles. The molecule has 7 nitrogen and oxygen atoms in total. The second kappa shape index (κ2) is 7.68. The number of nitrogens with one attached hydrogen (secondary N) is 1. The molecule has 2 heterocycles. The lowest BCUT2D eigenvalue weighted by atomic mass is 9.90. The van der Waals surface area contributed by atoms with Gasteiger partial charge in [-0.1, -0.05) is 19.3 Å². The average Bonchev–Trinajstić information content (AvgIpc) is 3.12. The van der Waals surface area contributed by atoms with E-state index in [9.17, 15) is 4.39 Å². The average molecular weight is 358 g/mol. The van der Waals surface area contributed by atoms with Crippen LogP contribution in [0.4, 0.5) is 16.0 Å². The summed E-state index contributed by atoms with van der Waals surface area (Å²) < 4.78 is 21.1. The summed E-state index contributed by atoms with van der Waals surface area (Å²) in [5, 5.41) is 16.3. The van der Waals surface area contributed by atoms with Crippen molar-refractivity contribution in [1.29, 1.82) is 5.26 Å². The highest BCUT2D eigenvalue weighted by Crippen LogP contribution is 2.25. The maximum Gasteiger partial charge on any atom is 0.255 e. The van der Waals surface area contributed by atoms with E-state index >= 15 is 0 Å². The Balaban J connectivity index is 1.66. The number of ether oxygens (including phenoxy) is 1. The summed E-state index contributed by atoms with van der Waals surface area (Å²) in [5.41, 5.74) is -0.157. The number of hydrogen-bond donors (Lipinski definition) is 1. The summed E-state index contributed by atoms with van der Waals surface area (Å²) >= 11 is 0. The van der Waals surface area contributed by atoms with Crippen LogP contribution in [0.5, 0.6) is 5.88 Å². The van der Waals surface area contributed by atoms with Crippen LogP contribution < -0.4 is 10.1 Å². The molecule has 26 heavy (non-hydrogen) atoms. The van der Waals surface area contributed by atoms with Gasteiger partial charge in [0.15, 0.2) is 0 Å².